The van der Waals surface area contributed by atoms with Crippen LogP contribution in [-0.2, 0) is 4.79 Å². The molecule has 5 atom stereocenters. The zero-order valence-corrected chi connectivity index (χ0v) is 16.1. The average molecular weight is 374 g/mol. The van der Waals surface area contributed by atoms with Crippen molar-refractivity contribution in [2.45, 2.75) is 39.2 Å². The van der Waals surface area contributed by atoms with Gasteiger partial charge in [-0.1, -0.05) is 13.8 Å². The van der Waals surface area contributed by atoms with Crippen LogP contribution in [0.2, 0.25) is 0 Å². The maximum Gasteiger partial charge on any atom is 0.321 e. The summed E-state index contributed by atoms with van der Waals surface area (Å²) in [6.45, 7) is 4.85. The molecule has 0 radical (unpaired) electrons. The summed E-state index contributed by atoms with van der Waals surface area (Å²) < 4.78 is 0. The van der Waals surface area contributed by atoms with Gasteiger partial charge in [0.2, 0.25) is 5.91 Å². The normalized spacial score (nSPS) is 30.2. The van der Waals surface area contributed by atoms with Gasteiger partial charge in [-0.05, 0) is 49.1 Å². The molecule has 3 N–H and O–H groups in total. The van der Waals surface area contributed by atoms with Crippen molar-refractivity contribution >= 4 is 17.6 Å². The Morgan fingerprint density at radius 1 is 1.37 bits per heavy atom. The minimum atomic E-state index is -0.322. The Kier molecular flexibility index (Phi) is 6.31. The molecule has 5 unspecified atom stereocenters. The number of nitrogens with one attached hydrogen (secondary N) is 2. The lowest BCUT2D eigenvalue weighted by Crippen LogP contribution is -2.57. The summed E-state index contributed by atoms with van der Waals surface area (Å²) in [5.74, 6) is 1.40. The Morgan fingerprint density at radius 3 is 2.89 bits per heavy atom. The van der Waals surface area contributed by atoms with Crippen LogP contribution in [0.1, 0.15) is 33.1 Å². The molecule has 7 nitrogen and oxygen atoms in total. The molecule has 2 fully saturated rings. The first kappa shape index (κ1) is 19.6. The fourth-order valence-corrected chi connectivity index (χ4v) is 4.72. The third-order valence-corrected chi connectivity index (χ3v) is 5.88. The number of aromatic nitrogens is 1. The molecule has 2 aliphatic rings. The van der Waals surface area contributed by atoms with Crippen LogP contribution in [0.4, 0.5) is 10.5 Å². The molecule has 2 heterocycles. The van der Waals surface area contributed by atoms with E-state index < -0.39 is 0 Å². The highest BCUT2D eigenvalue weighted by molar-refractivity contribution is 5.89. The molecule has 0 aromatic carbocycles. The largest absolute Gasteiger partial charge is 0.395 e. The second kappa shape index (κ2) is 8.69. The smallest absolute Gasteiger partial charge is 0.321 e. The molecule has 1 aromatic heterocycles. The highest BCUT2D eigenvalue weighted by Crippen LogP contribution is 2.39. The van der Waals surface area contributed by atoms with Gasteiger partial charge in [-0.25, -0.2) is 4.79 Å². The van der Waals surface area contributed by atoms with E-state index in [-0.39, 0.29) is 37.0 Å². The van der Waals surface area contributed by atoms with Crippen molar-refractivity contribution in [3.05, 3.63) is 24.5 Å². The van der Waals surface area contributed by atoms with Crippen LogP contribution in [0.25, 0.3) is 0 Å². The standard InChI is InChI=1S/C20H30N4O3/c1-13-8-14(2)18-15(9-13)10-16(19(26)23-18)12-24(6-7-25)20(27)22-17-4-3-5-21-11-17/h3-5,11,13-16,18,25H,6-10,12H2,1-2H3,(H,22,27)(H,23,26). The van der Waals surface area contributed by atoms with E-state index in [4.69, 9.17) is 0 Å². The quantitative estimate of drug-likeness (QED) is 0.736. The minimum absolute atomic E-state index is 0.0229. The Labute approximate surface area is 160 Å². The summed E-state index contributed by atoms with van der Waals surface area (Å²) in [5, 5.41) is 15.4. The first-order valence-corrected chi connectivity index (χ1v) is 9.85. The number of amides is 3. The van der Waals surface area contributed by atoms with Crippen LogP contribution in [0, 0.1) is 23.7 Å². The van der Waals surface area contributed by atoms with Crippen molar-refractivity contribution in [3.8, 4) is 0 Å². The molecule has 1 saturated heterocycles. The van der Waals surface area contributed by atoms with Crippen molar-refractivity contribution in [2.75, 3.05) is 25.0 Å². The molecule has 3 amide bonds. The molecule has 1 aliphatic heterocycles. The molecule has 1 aliphatic carbocycles. The molecular weight excluding hydrogens is 344 g/mol. The minimum Gasteiger partial charge on any atom is -0.395 e. The number of urea groups is 1. The molecule has 1 saturated carbocycles. The third kappa shape index (κ3) is 4.77. The average Bonchev–Trinajstić information content (AvgIpc) is 2.63. The molecule has 0 bridgehead atoms. The van der Waals surface area contributed by atoms with Gasteiger partial charge in [-0.3, -0.25) is 9.78 Å². The van der Waals surface area contributed by atoms with Crippen LogP contribution in [0.5, 0.6) is 0 Å². The number of piperidine rings is 1. The number of aliphatic hydroxyl groups is 1. The number of aliphatic hydroxyl groups excluding tert-OH is 1. The van der Waals surface area contributed by atoms with Gasteiger partial charge in [0.15, 0.2) is 0 Å². The molecule has 27 heavy (non-hydrogen) atoms. The number of anilines is 1. The van der Waals surface area contributed by atoms with Gasteiger partial charge < -0.3 is 20.6 Å². The Balaban J connectivity index is 1.65. The Morgan fingerprint density at radius 2 is 2.19 bits per heavy atom. The van der Waals surface area contributed by atoms with Gasteiger partial charge in [0.05, 0.1) is 24.4 Å². The van der Waals surface area contributed by atoms with Gasteiger partial charge in [0, 0.05) is 25.3 Å². The monoisotopic (exact) mass is 374 g/mol. The topological polar surface area (TPSA) is 94.6 Å². The predicted molar refractivity (Wildman–Crippen MR) is 103 cm³/mol. The van der Waals surface area contributed by atoms with Gasteiger partial charge >= 0.3 is 6.03 Å². The zero-order chi connectivity index (χ0) is 19.4. The summed E-state index contributed by atoms with van der Waals surface area (Å²) in [7, 11) is 0. The number of carbonyl (C=O) groups is 2. The molecule has 148 valence electrons. The molecule has 1 aromatic rings. The number of carbonyl (C=O) groups excluding carboxylic acids is 2. The van der Waals surface area contributed by atoms with Gasteiger partial charge in [-0.2, -0.15) is 0 Å². The fourth-order valence-electron chi connectivity index (χ4n) is 4.72. The highest BCUT2D eigenvalue weighted by atomic mass is 16.3. The number of hydrogen-bond donors (Lipinski definition) is 3. The van der Waals surface area contributed by atoms with Crippen LogP contribution in [-0.4, -0.2) is 52.7 Å². The fraction of sp³-hybridized carbons (Fsp3) is 0.650. The van der Waals surface area contributed by atoms with Crippen LogP contribution in [0.3, 0.4) is 0 Å². The third-order valence-electron chi connectivity index (χ3n) is 5.88. The van der Waals surface area contributed by atoms with Crippen molar-refractivity contribution in [3.63, 3.8) is 0 Å². The van der Waals surface area contributed by atoms with Gasteiger partial charge in [-0.15, -0.1) is 0 Å². The summed E-state index contributed by atoms with van der Waals surface area (Å²) in [5.41, 5.74) is 0.591. The van der Waals surface area contributed by atoms with Crippen molar-refractivity contribution in [1.29, 1.82) is 0 Å². The number of rotatable bonds is 5. The number of fused-ring (bicyclic) bond motifs is 1. The maximum atomic E-state index is 12.7. The SMILES string of the molecule is CC1CC(C)C2NC(=O)C(CN(CCO)C(=O)Nc3cccnc3)CC2C1. The summed E-state index contributed by atoms with van der Waals surface area (Å²) in [6, 6.07) is 3.43. The van der Waals surface area contributed by atoms with Gasteiger partial charge in [0.25, 0.3) is 0 Å². The van der Waals surface area contributed by atoms with E-state index in [0.29, 0.717) is 30.0 Å². The van der Waals surface area contributed by atoms with E-state index in [9.17, 15) is 14.7 Å². The van der Waals surface area contributed by atoms with Crippen molar-refractivity contribution in [1.82, 2.24) is 15.2 Å². The molecule has 0 spiro atoms. The van der Waals surface area contributed by atoms with Crippen molar-refractivity contribution in [2.24, 2.45) is 23.7 Å². The zero-order valence-electron chi connectivity index (χ0n) is 16.1. The van der Waals surface area contributed by atoms with Crippen LogP contribution < -0.4 is 10.6 Å². The van der Waals surface area contributed by atoms with E-state index in [1.807, 2.05) is 0 Å². The second-order valence-electron chi connectivity index (χ2n) is 8.12. The Hall–Kier alpha value is -2.15. The second-order valence-corrected chi connectivity index (χ2v) is 8.12. The van der Waals surface area contributed by atoms with Gasteiger partial charge in [0.1, 0.15) is 0 Å². The highest BCUT2D eigenvalue weighted by Gasteiger charge is 2.42. The van der Waals surface area contributed by atoms with Crippen LogP contribution >= 0.6 is 0 Å². The molecule has 3 rings (SSSR count). The van der Waals surface area contributed by atoms with E-state index in [2.05, 4.69) is 29.5 Å². The number of nitrogens with zero attached hydrogens (tertiary/aromatic N) is 2. The first-order valence-electron chi connectivity index (χ1n) is 9.85. The predicted octanol–water partition coefficient (Wildman–Crippen LogP) is 2.09. The molecule has 7 heteroatoms. The maximum absolute atomic E-state index is 12.7. The van der Waals surface area contributed by atoms with E-state index in [0.717, 1.165) is 19.3 Å². The summed E-state index contributed by atoms with van der Waals surface area (Å²) >= 11 is 0. The van der Waals surface area contributed by atoms with Crippen molar-refractivity contribution < 1.29 is 14.7 Å². The number of pyridine rings is 1. The lowest BCUT2D eigenvalue weighted by molar-refractivity contribution is -0.131. The summed E-state index contributed by atoms with van der Waals surface area (Å²) in [6.07, 6.45) is 6.27. The Bertz CT molecular complexity index is 654. The van der Waals surface area contributed by atoms with Crippen LogP contribution in [0.15, 0.2) is 24.5 Å². The van der Waals surface area contributed by atoms with E-state index in [1.165, 1.54) is 4.90 Å². The molecular formula is C20H30N4O3. The first-order chi connectivity index (χ1) is 13.0. The summed E-state index contributed by atoms with van der Waals surface area (Å²) in [4.78, 5) is 30.8. The lowest BCUT2D eigenvalue weighted by Gasteiger charge is -2.45. The van der Waals surface area contributed by atoms with E-state index in [1.54, 1.807) is 24.5 Å². The number of hydrogen-bond acceptors (Lipinski definition) is 4. The lowest BCUT2D eigenvalue weighted by atomic mass is 9.68. The van der Waals surface area contributed by atoms with E-state index >= 15 is 0 Å².